The Kier molecular flexibility index (Phi) is 5.90. The molecule has 0 fully saturated rings. The first-order chi connectivity index (χ1) is 7.72. The van der Waals surface area contributed by atoms with Gasteiger partial charge in [-0.15, -0.1) is 0 Å². The van der Waals surface area contributed by atoms with Crippen LogP contribution in [0.4, 0.5) is 0 Å². The zero-order valence-electron chi connectivity index (χ0n) is 10.4. The molecule has 1 aromatic carbocycles. The third-order valence-corrected chi connectivity index (χ3v) is 2.32. The van der Waals surface area contributed by atoms with Crippen molar-refractivity contribution in [2.24, 2.45) is 0 Å². The summed E-state index contributed by atoms with van der Waals surface area (Å²) in [7, 11) is 1.69. The number of ether oxygens (including phenoxy) is 1. The standard InChI is InChI=1S/C13H22N2O/c1-11(2)15-8-7-14-10-12-5-4-6-13(9-12)16-3/h4-6,9,11,14-15H,7-8,10H2,1-3H3. The van der Waals surface area contributed by atoms with Crippen LogP contribution in [0.15, 0.2) is 24.3 Å². The van der Waals surface area contributed by atoms with Crippen molar-refractivity contribution in [3.63, 3.8) is 0 Å². The van der Waals surface area contributed by atoms with Gasteiger partial charge in [-0.2, -0.15) is 0 Å². The number of hydrogen-bond donors (Lipinski definition) is 2. The molecule has 0 saturated heterocycles. The molecule has 0 amide bonds. The SMILES string of the molecule is COc1cccc(CNCCNC(C)C)c1. The summed E-state index contributed by atoms with van der Waals surface area (Å²) >= 11 is 0. The number of nitrogens with one attached hydrogen (secondary N) is 2. The Hall–Kier alpha value is -1.06. The minimum absolute atomic E-state index is 0.554. The van der Waals surface area contributed by atoms with E-state index in [0.717, 1.165) is 25.4 Å². The average Bonchev–Trinajstić information content (AvgIpc) is 2.28. The molecule has 1 rings (SSSR count). The van der Waals surface area contributed by atoms with Gasteiger partial charge in [0.1, 0.15) is 5.75 Å². The van der Waals surface area contributed by atoms with Crippen molar-refractivity contribution in [2.45, 2.75) is 26.4 Å². The molecule has 0 radical (unpaired) electrons. The largest absolute Gasteiger partial charge is 0.497 e. The predicted molar refractivity (Wildman–Crippen MR) is 67.8 cm³/mol. The molecule has 0 aliphatic carbocycles. The highest BCUT2D eigenvalue weighted by Gasteiger charge is 1.95. The van der Waals surface area contributed by atoms with Crippen LogP contribution in [0.1, 0.15) is 19.4 Å². The van der Waals surface area contributed by atoms with Crippen LogP contribution in [-0.2, 0) is 6.54 Å². The van der Waals surface area contributed by atoms with Crippen molar-refractivity contribution in [1.82, 2.24) is 10.6 Å². The van der Waals surface area contributed by atoms with E-state index < -0.39 is 0 Å². The molecule has 0 saturated carbocycles. The van der Waals surface area contributed by atoms with E-state index in [4.69, 9.17) is 4.74 Å². The van der Waals surface area contributed by atoms with E-state index in [9.17, 15) is 0 Å². The van der Waals surface area contributed by atoms with Crippen LogP contribution in [0.2, 0.25) is 0 Å². The maximum atomic E-state index is 5.17. The summed E-state index contributed by atoms with van der Waals surface area (Å²) in [5.41, 5.74) is 1.25. The highest BCUT2D eigenvalue weighted by molar-refractivity contribution is 5.28. The molecule has 2 N–H and O–H groups in total. The van der Waals surface area contributed by atoms with E-state index in [0.29, 0.717) is 6.04 Å². The van der Waals surface area contributed by atoms with Gasteiger partial charge in [0, 0.05) is 25.7 Å². The summed E-state index contributed by atoms with van der Waals surface area (Å²) in [4.78, 5) is 0. The maximum absolute atomic E-state index is 5.17. The summed E-state index contributed by atoms with van der Waals surface area (Å²) in [5, 5.41) is 6.76. The average molecular weight is 222 g/mol. The lowest BCUT2D eigenvalue weighted by Gasteiger charge is -2.09. The van der Waals surface area contributed by atoms with Crippen molar-refractivity contribution in [3.05, 3.63) is 29.8 Å². The number of hydrogen-bond acceptors (Lipinski definition) is 3. The first-order valence-electron chi connectivity index (χ1n) is 5.79. The summed E-state index contributed by atoms with van der Waals surface area (Å²) in [6.07, 6.45) is 0. The summed E-state index contributed by atoms with van der Waals surface area (Å²) in [5.74, 6) is 0.916. The van der Waals surface area contributed by atoms with Gasteiger partial charge in [0.2, 0.25) is 0 Å². The Bertz CT molecular complexity index is 300. The lowest BCUT2D eigenvalue weighted by atomic mass is 10.2. The van der Waals surface area contributed by atoms with Gasteiger partial charge in [0.05, 0.1) is 7.11 Å². The van der Waals surface area contributed by atoms with Gasteiger partial charge in [-0.05, 0) is 17.7 Å². The maximum Gasteiger partial charge on any atom is 0.119 e. The molecule has 1 aromatic rings. The second kappa shape index (κ2) is 7.25. The number of benzene rings is 1. The van der Waals surface area contributed by atoms with Crippen LogP contribution in [-0.4, -0.2) is 26.2 Å². The van der Waals surface area contributed by atoms with E-state index in [1.54, 1.807) is 7.11 Å². The molecule has 0 spiro atoms. The van der Waals surface area contributed by atoms with Crippen molar-refractivity contribution in [1.29, 1.82) is 0 Å². The van der Waals surface area contributed by atoms with Gasteiger partial charge >= 0.3 is 0 Å². The lowest BCUT2D eigenvalue weighted by molar-refractivity contribution is 0.414. The molecule has 3 heteroatoms. The van der Waals surface area contributed by atoms with Gasteiger partial charge in [-0.1, -0.05) is 26.0 Å². The lowest BCUT2D eigenvalue weighted by Crippen LogP contribution is -2.31. The topological polar surface area (TPSA) is 33.3 Å². The third kappa shape index (κ3) is 5.14. The molecule has 0 bridgehead atoms. The summed E-state index contributed by atoms with van der Waals surface area (Å²) in [6, 6.07) is 8.69. The van der Waals surface area contributed by atoms with Crippen molar-refractivity contribution in [2.75, 3.05) is 20.2 Å². The second-order valence-electron chi connectivity index (χ2n) is 4.14. The van der Waals surface area contributed by atoms with Gasteiger partial charge < -0.3 is 15.4 Å². The van der Waals surface area contributed by atoms with Gasteiger partial charge in [0.15, 0.2) is 0 Å². The van der Waals surface area contributed by atoms with Gasteiger partial charge in [0.25, 0.3) is 0 Å². The molecule has 0 atom stereocenters. The Labute approximate surface area is 98.2 Å². The van der Waals surface area contributed by atoms with E-state index in [-0.39, 0.29) is 0 Å². The molecular formula is C13H22N2O. The van der Waals surface area contributed by atoms with Crippen LogP contribution >= 0.6 is 0 Å². The zero-order valence-corrected chi connectivity index (χ0v) is 10.4. The van der Waals surface area contributed by atoms with E-state index >= 15 is 0 Å². The first-order valence-corrected chi connectivity index (χ1v) is 5.79. The number of rotatable bonds is 7. The Morgan fingerprint density at radius 1 is 1.25 bits per heavy atom. The molecule has 90 valence electrons. The molecule has 0 unspecified atom stereocenters. The highest BCUT2D eigenvalue weighted by atomic mass is 16.5. The monoisotopic (exact) mass is 222 g/mol. The summed E-state index contributed by atoms with van der Waals surface area (Å²) in [6.45, 7) is 7.18. The third-order valence-electron chi connectivity index (χ3n) is 2.32. The molecule has 0 aliphatic heterocycles. The van der Waals surface area contributed by atoms with E-state index in [2.05, 4.69) is 36.6 Å². The quantitative estimate of drug-likeness (QED) is 0.690. The van der Waals surface area contributed by atoms with Crippen LogP contribution < -0.4 is 15.4 Å². The van der Waals surface area contributed by atoms with Crippen molar-refractivity contribution < 1.29 is 4.74 Å². The minimum Gasteiger partial charge on any atom is -0.497 e. The molecule has 3 nitrogen and oxygen atoms in total. The van der Waals surface area contributed by atoms with Crippen LogP contribution in [0.25, 0.3) is 0 Å². The van der Waals surface area contributed by atoms with E-state index in [1.807, 2.05) is 12.1 Å². The Morgan fingerprint density at radius 2 is 2.06 bits per heavy atom. The number of methoxy groups -OCH3 is 1. The van der Waals surface area contributed by atoms with Crippen molar-refractivity contribution >= 4 is 0 Å². The molecule has 0 heterocycles. The molecule has 0 aromatic heterocycles. The van der Waals surface area contributed by atoms with Gasteiger partial charge in [-0.25, -0.2) is 0 Å². The summed E-state index contributed by atoms with van der Waals surface area (Å²) < 4.78 is 5.17. The smallest absolute Gasteiger partial charge is 0.119 e. The molecular weight excluding hydrogens is 200 g/mol. The Morgan fingerprint density at radius 3 is 2.75 bits per heavy atom. The Balaban J connectivity index is 2.21. The zero-order chi connectivity index (χ0) is 11.8. The van der Waals surface area contributed by atoms with Gasteiger partial charge in [-0.3, -0.25) is 0 Å². The fourth-order valence-corrected chi connectivity index (χ4v) is 1.46. The predicted octanol–water partition coefficient (Wildman–Crippen LogP) is 1.78. The highest BCUT2D eigenvalue weighted by Crippen LogP contribution is 2.11. The molecule has 0 aliphatic rings. The van der Waals surface area contributed by atoms with E-state index in [1.165, 1.54) is 5.56 Å². The van der Waals surface area contributed by atoms with Crippen LogP contribution in [0, 0.1) is 0 Å². The van der Waals surface area contributed by atoms with Crippen LogP contribution in [0.5, 0.6) is 5.75 Å². The minimum atomic E-state index is 0.554. The normalized spacial score (nSPS) is 10.8. The van der Waals surface area contributed by atoms with Crippen molar-refractivity contribution in [3.8, 4) is 5.75 Å². The fraction of sp³-hybridized carbons (Fsp3) is 0.538. The molecule has 16 heavy (non-hydrogen) atoms. The van der Waals surface area contributed by atoms with Crippen LogP contribution in [0.3, 0.4) is 0 Å². The first kappa shape index (κ1) is 13.0. The second-order valence-corrected chi connectivity index (χ2v) is 4.14. The fourth-order valence-electron chi connectivity index (χ4n) is 1.46.